The topological polar surface area (TPSA) is 74.2 Å². The molecule has 0 saturated carbocycles. The molecule has 20 heavy (non-hydrogen) atoms. The number of benzene rings is 1. The van der Waals surface area contributed by atoms with Gasteiger partial charge in [-0.05, 0) is 49.2 Å². The Labute approximate surface area is 121 Å². The van der Waals surface area contributed by atoms with Crippen LogP contribution in [0.25, 0.3) is 0 Å². The van der Waals surface area contributed by atoms with Gasteiger partial charge in [-0.15, -0.1) is 0 Å². The molecule has 0 aliphatic carbocycles. The Bertz CT molecular complexity index is 642. The summed E-state index contributed by atoms with van der Waals surface area (Å²) in [6.45, 7) is 3.80. The zero-order valence-electron chi connectivity index (χ0n) is 11.1. The summed E-state index contributed by atoms with van der Waals surface area (Å²) in [5, 5.41) is 12.3. The maximum Gasteiger partial charge on any atom is 0.259 e. The minimum absolute atomic E-state index is 0.340. The number of anilines is 2. The third-order valence-corrected chi connectivity index (χ3v) is 3.19. The number of carbonyl (C=O) groups is 1. The lowest BCUT2D eigenvalue weighted by Gasteiger charge is -2.11. The first-order valence-electron chi connectivity index (χ1n) is 5.95. The molecule has 1 heterocycles. The predicted molar refractivity (Wildman–Crippen MR) is 78.5 cm³/mol. The number of carbonyl (C=O) groups excluding carboxylic acids is 1. The third-order valence-electron chi connectivity index (χ3n) is 2.97. The highest BCUT2D eigenvalue weighted by Crippen LogP contribution is 2.21. The van der Waals surface area contributed by atoms with Crippen molar-refractivity contribution in [2.24, 2.45) is 0 Å². The van der Waals surface area contributed by atoms with Crippen LogP contribution in [-0.4, -0.2) is 16.1 Å². The van der Waals surface area contributed by atoms with Crippen molar-refractivity contribution in [3.63, 3.8) is 0 Å². The lowest BCUT2D eigenvalue weighted by molar-refractivity contribution is 0.102. The minimum atomic E-state index is -0.362. The Morgan fingerprint density at radius 3 is 2.55 bits per heavy atom. The molecular weight excluding hydrogens is 278 g/mol. The zero-order valence-corrected chi connectivity index (χ0v) is 11.8. The quantitative estimate of drug-likeness (QED) is 0.758. The van der Waals surface area contributed by atoms with Gasteiger partial charge in [-0.3, -0.25) is 15.5 Å². The van der Waals surface area contributed by atoms with E-state index in [-0.39, 0.29) is 5.91 Å². The lowest BCUT2D eigenvalue weighted by Crippen LogP contribution is -2.15. The first-order valence-corrected chi connectivity index (χ1v) is 6.33. The fourth-order valence-electron chi connectivity index (χ4n) is 1.73. The highest BCUT2D eigenvalue weighted by atomic mass is 35.5. The van der Waals surface area contributed by atoms with Crippen LogP contribution >= 0.6 is 11.6 Å². The molecule has 0 aliphatic heterocycles. The fourth-order valence-corrected chi connectivity index (χ4v) is 1.84. The Morgan fingerprint density at radius 1 is 1.25 bits per heavy atom. The summed E-state index contributed by atoms with van der Waals surface area (Å²) in [5.41, 5.74) is 4.66. The maximum absolute atomic E-state index is 12.2. The molecule has 0 unspecified atom stereocenters. The van der Waals surface area contributed by atoms with Crippen LogP contribution in [0.5, 0.6) is 0 Å². The molecule has 1 amide bonds. The van der Waals surface area contributed by atoms with Crippen LogP contribution in [0.4, 0.5) is 11.5 Å². The van der Waals surface area contributed by atoms with E-state index in [2.05, 4.69) is 10.3 Å². The van der Waals surface area contributed by atoms with E-state index in [1.54, 1.807) is 24.3 Å². The van der Waals surface area contributed by atoms with E-state index in [1.165, 1.54) is 6.20 Å². The number of amides is 1. The normalized spacial score (nSPS) is 10.2. The van der Waals surface area contributed by atoms with Crippen LogP contribution in [-0.2, 0) is 0 Å². The number of pyridine rings is 1. The second-order valence-corrected chi connectivity index (χ2v) is 4.85. The van der Waals surface area contributed by atoms with E-state index in [0.29, 0.717) is 22.1 Å². The molecule has 0 aliphatic rings. The average Bonchev–Trinajstić information content (AvgIpc) is 2.43. The summed E-state index contributed by atoms with van der Waals surface area (Å²) >= 11 is 5.73. The van der Waals surface area contributed by atoms with Crippen LogP contribution in [0.15, 0.2) is 30.5 Å². The molecule has 0 saturated heterocycles. The first-order chi connectivity index (χ1) is 9.51. The van der Waals surface area contributed by atoms with Gasteiger partial charge in [0.1, 0.15) is 5.82 Å². The van der Waals surface area contributed by atoms with Crippen molar-refractivity contribution >= 4 is 29.0 Å². The molecule has 3 N–H and O–H groups in total. The summed E-state index contributed by atoms with van der Waals surface area (Å²) in [6.07, 6.45) is 1.45. The van der Waals surface area contributed by atoms with Gasteiger partial charge in [0.25, 0.3) is 5.91 Å². The number of halogens is 1. The van der Waals surface area contributed by atoms with Crippen molar-refractivity contribution in [2.75, 3.05) is 10.8 Å². The van der Waals surface area contributed by atoms with Crippen LogP contribution in [0, 0.1) is 13.8 Å². The van der Waals surface area contributed by atoms with Crippen molar-refractivity contribution in [1.82, 2.24) is 4.98 Å². The van der Waals surface area contributed by atoms with Gasteiger partial charge in [0.05, 0.1) is 16.3 Å². The minimum Gasteiger partial charge on any atom is -0.306 e. The molecule has 0 bridgehead atoms. The number of aryl methyl sites for hydroxylation is 2. The standard InChI is InChI=1S/C14H14ClN3O2/c1-8-5-11(12(18-20)6-9(8)2)14(19)17-13-4-3-10(15)7-16-13/h3-7,18,20H,1-2H3,(H,16,17,19). The summed E-state index contributed by atoms with van der Waals surface area (Å²) in [5.74, 6) is 0.0287. The third kappa shape index (κ3) is 3.07. The molecule has 1 aromatic carbocycles. The second kappa shape index (κ2) is 5.90. The SMILES string of the molecule is Cc1cc(NO)c(C(=O)Nc2ccc(Cl)cn2)cc1C. The number of hydrogen-bond donors (Lipinski definition) is 3. The molecule has 0 atom stereocenters. The molecule has 6 heteroatoms. The largest absolute Gasteiger partial charge is 0.306 e. The van der Waals surface area contributed by atoms with E-state index in [9.17, 15) is 4.79 Å². The Kier molecular flexibility index (Phi) is 4.22. The van der Waals surface area contributed by atoms with Crippen LogP contribution in [0.1, 0.15) is 21.5 Å². The fraction of sp³-hybridized carbons (Fsp3) is 0.143. The first kappa shape index (κ1) is 14.3. The van der Waals surface area contributed by atoms with Gasteiger partial charge in [0, 0.05) is 6.20 Å². The summed E-state index contributed by atoms with van der Waals surface area (Å²) < 4.78 is 0. The number of aromatic nitrogens is 1. The Hall–Kier alpha value is -2.11. The van der Waals surface area contributed by atoms with Gasteiger partial charge in [-0.25, -0.2) is 4.98 Å². The van der Waals surface area contributed by atoms with Gasteiger partial charge in [0.15, 0.2) is 0 Å². The zero-order chi connectivity index (χ0) is 14.7. The monoisotopic (exact) mass is 291 g/mol. The highest BCUT2D eigenvalue weighted by Gasteiger charge is 2.13. The van der Waals surface area contributed by atoms with E-state index < -0.39 is 0 Å². The molecule has 1 aromatic heterocycles. The van der Waals surface area contributed by atoms with Crippen LogP contribution < -0.4 is 10.8 Å². The lowest BCUT2D eigenvalue weighted by atomic mass is 10.0. The van der Waals surface area contributed by atoms with E-state index in [4.69, 9.17) is 16.8 Å². The van der Waals surface area contributed by atoms with Gasteiger partial charge in [-0.1, -0.05) is 11.6 Å². The van der Waals surface area contributed by atoms with Crippen molar-refractivity contribution in [3.05, 3.63) is 52.2 Å². The van der Waals surface area contributed by atoms with Gasteiger partial charge < -0.3 is 5.32 Å². The smallest absolute Gasteiger partial charge is 0.259 e. The molecule has 104 valence electrons. The number of hydrogen-bond acceptors (Lipinski definition) is 4. The van der Waals surface area contributed by atoms with E-state index in [0.717, 1.165) is 11.1 Å². The second-order valence-electron chi connectivity index (χ2n) is 4.41. The molecule has 0 fully saturated rings. The summed E-state index contributed by atoms with van der Waals surface area (Å²) in [4.78, 5) is 16.2. The molecule has 0 spiro atoms. The van der Waals surface area contributed by atoms with Crippen molar-refractivity contribution in [1.29, 1.82) is 0 Å². The predicted octanol–water partition coefficient (Wildman–Crippen LogP) is 3.41. The van der Waals surface area contributed by atoms with Gasteiger partial charge in [0.2, 0.25) is 0 Å². The van der Waals surface area contributed by atoms with Crippen molar-refractivity contribution in [2.45, 2.75) is 13.8 Å². The van der Waals surface area contributed by atoms with E-state index in [1.807, 2.05) is 19.3 Å². The molecule has 5 nitrogen and oxygen atoms in total. The average molecular weight is 292 g/mol. The van der Waals surface area contributed by atoms with Crippen molar-refractivity contribution < 1.29 is 10.0 Å². The van der Waals surface area contributed by atoms with Gasteiger partial charge in [-0.2, -0.15) is 0 Å². The van der Waals surface area contributed by atoms with Crippen LogP contribution in [0.2, 0.25) is 5.02 Å². The maximum atomic E-state index is 12.2. The van der Waals surface area contributed by atoms with Crippen LogP contribution in [0.3, 0.4) is 0 Å². The van der Waals surface area contributed by atoms with Gasteiger partial charge >= 0.3 is 0 Å². The van der Waals surface area contributed by atoms with Crippen molar-refractivity contribution in [3.8, 4) is 0 Å². The molecular formula is C14H14ClN3O2. The molecule has 0 radical (unpaired) electrons. The molecule has 2 rings (SSSR count). The summed E-state index contributed by atoms with van der Waals surface area (Å²) in [6, 6.07) is 6.65. The summed E-state index contributed by atoms with van der Waals surface area (Å²) in [7, 11) is 0. The number of nitrogens with one attached hydrogen (secondary N) is 2. The number of nitrogens with zero attached hydrogens (tertiary/aromatic N) is 1. The Morgan fingerprint density at radius 2 is 1.95 bits per heavy atom. The molecule has 2 aromatic rings. The number of rotatable bonds is 3. The highest BCUT2D eigenvalue weighted by molar-refractivity contribution is 6.30. The Balaban J connectivity index is 2.29. The van der Waals surface area contributed by atoms with E-state index >= 15 is 0 Å².